The summed E-state index contributed by atoms with van der Waals surface area (Å²) in [6, 6.07) is 5.48. The second kappa shape index (κ2) is 5.73. The first kappa shape index (κ1) is 13.4. The first-order chi connectivity index (χ1) is 9.15. The standard InChI is InChI=1S/C14H18N2O3/c1-9(15-16-14(17)10-4-5-10)12-7-6-11(18-2)8-13(12)19-3/h6-8,10H,4-5H2,1-3H3,(H,16,17)/b15-9+. The molecule has 0 heterocycles. The van der Waals surface area contributed by atoms with Crippen molar-refractivity contribution in [2.45, 2.75) is 19.8 Å². The molecule has 0 radical (unpaired) electrons. The van der Waals surface area contributed by atoms with E-state index in [4.69, 9.17) is 9.47 Å². The third-order valence-corrected chi connectivity index (χ3v) is 3.08. The van der Waals surface area contributed by atoms with Gasteiger partial charge in [0.15, 0.2) is 0 Å². The highest BCUT2D eigenvalue weighted by Gasteiger charge is 2.29. The Labute approximate surface area is 112 Å². The summed E-state index contributed by atoms with van der Waals surface area (Å²) in [6.07, 6.45) is 1.93. The van der Waals surface area contributed by atoms with Crippen molar-refractivity contribution >= 4 is 11.6 Å². The van der Waals surface area contributed by atoms with Gasteiger partial charge in [0.05, 0.1) is 19.9 Å². The van der Waals surface area contributed by atoms with Crippen LogP contribution in [0.2, 0.25) is 0 Å². The van der Waals surface area contributed by atoms with E-state index in [0.717, 1.165) is 24.2 Å². The molecular formula is C14H18N2O3. The molecule has 5 nitrogen and oxygen atoms in total. The zero-order valence-corrected chi connectivity index (χ0v) is 11.4. The normalized spacial score (nSPS) is 15.0. The lowest BCUT2D eigenvalue weighted by atomic mass is 10.1. The Morgan fingerprint density at radius 1 is 1.32 bits per heavy atom. The predicted molar refractivity (Wildman–Crippen MR) is 72.6 cm³/mol. The zero-order valence-electron chi connectivity index (χ0n) is 11.4. The van der Waals surface area contributed by atoms with Crippen molar-refractivity contribution in [3.05, 3.63) is 23.8 Å². The Balaban J connectivity index is 2.14. The topological polar surface area (TPSA) is 59.9 Å². The molecular weight excluding hydrogens is 244 g/mol. The number of benzene rings is 1. The number of methoxy groups -OCH3 is 2. The summed E-state index contributed by atoms with van der Waals surface area (Å²) in [7, 11) is 3.19. The average Bonchev–Trinajstić information content (AvgIpc) is 3.28. The second-order valence-electron chi connectivity index (χ2n) is 4.51. The lowest BCUT2D eigenvalue weighted by molar-refractivity contribution is -0.122. The molecule has 1 aliphatic carbocycles. The van der Waals surface area contributed by atoms with E-state index >= 15 is 0 Å². The number of hydrogen-bond donors (Lipinski definition) is 1. The van der Waals surface area contributed by atoms with Crippen LogP contribution in [-0.4, -0.2) is 25.8 Å². The summed E-state index contributed by atoms with van der Waals surface area (Å²) >= 11 is 0. The van der Waals surface area contributed by atoms with E-state index in [9.17, 15) is 4.79 Å². The van der Waals surface area contributed by atoms with Gasteiger partial charge >= 0.3 is 0 Å². The van der Waals surface area contributed by atoms with Gasteiger partial charge in [0.2, 0.25) is 5.91 Å². The highest BCUT2D eigenvalue weighted by Crippen LogP contribution is 2.29. The summed E-state index contributed by atoms with van der Waals surface area (Å²) < 4.78 is 10.4. The number of hydrogen-bond acceptors (Lipinski definition) is 4. The van der Waals surface area contributed by atoms with Crippen molar-refractivity contribution in [1.29, 1.82) is 0 Å². The van der Waals surface area contributed by atoms with Gasteiger partial charge in [0.1, 0.15) is 11.5 Å². The molecule has 0 saturated heterocycles. The molecule has 5 heteroatoms. The van der Waals surface area contributed by atoms with Crippen molar-refractivity contribution in [3.8, 4) is 11.5 Å². The van der Waals surface area contributed by atoms with Gasteiger partial charge in [0, 0.05) is 17.5 Å². The number of ether oxygens (including phenoxy) is 2. The van der Waals surface area contributed by atoms with Crippen molar-refractivity contribution in [2.75, 3.05) is 14.2 Å². The molecule has 1 aliphatic rings. The van der Waals surface area contributed by atoms with Crippen LogP contribution >= 0.6 is 0 Å². The number of rotatable bonds is 5. The number of nitrogens with zero attached hydrogens (tertiary/aromatic N) is 1. The van der Waals surface area contributed by atoms with Crippen LogP contribution in [0.3, 0.4) is 0 Å². The fourth-order valence-electron chi connectivity index (χ4n) is 1.73. The Morgan fingerprint density at radius 2 is 2.05 bits per heavy atom. The number of carbonyl (C=O) groups is 1. The van der Waals surface area contributed by atoms with Crippen LogP contribution in [0, 0.1) is 5.92 Å². The predicted octanol–water partition coefficient (Wildman–Crippen LogP) is 1.95. The first-order valence-corrected chi connectivity index (χ1v) is 6.22. The molecule has 0 aromatic heterocycles. The smallest absolute Gasteiger partial charge is 0.243 e. The Bertz CT molecular complexity index is 507. The van der Waals surface area contributed by atoms with Crippen molar-refractivity contribution in [1.82, 2.24) is 5.43 Å². The molecule has 1 aromatic rings. The fraction of sp³-hybridized carbons (Fsp3) is 0.429. The highest BCUT2D eigenvalue weighted by molar-refractivity contribution is 6.01. The van der Waals surface area contributed by atoms with Crippen LogP contribution in [0.1, 0.15) is 25.3 Å². The van der Waals surface area contributed by atoms with E-state index in [1.165, 1.54) is 0 Å². The molecule has 1 amide bonds. The van der Waals surface area contributed by atoms with E-state index in [0.29, 0.717) is 11.5 Å². The largest absolute Gasteiger partial charge is 0.497 e. The Kier molecular flexibility index (Phi) is 4.04. The molecule has 19 heavy (non-hydrogen) atoms. The molecule has 0 atom stereocenters. The van der Waals surface area contributed by atoms with Gasteiger partial charge in [-0.1, -0.05) is 0 Å². The molecule has 0 spiro atoms. The third kappa shape index (κ3) is 3.24. The van der Waals surface area contributed by atoms with Crippen LogP contribution in [0.15, 0.2) is 23.3 Å². The summed E-state index contributed by atoms with van der Waals surface area (Å²) in [6.45, 7) is 1.83. The summed E-state index contributed by atoms with van der Waals surface area (Å²) in [4.78, 5) is 11.5. The maximum absolute atomic E-state index is 11.5. The average molecular weight is 262 g/mol. The molecule has 0 aliphatic heterocycles. The van der Waals surface area contributed by atoms with Crippen LogP contribution < -0.4 is 14.9 Å². The third-order valence-electron chi connectivity index (χ3n) is 3.08. The fourth-order valence-corrected chi connectivity index (χ4v) is 1.73. The van der Waals surface area contributed by atoms with Gasteiger partial charge in [-0.25, -0.2) is 5.43 Å². The lowest BCUT2D eigenvalue weighted by Gasteiger charge is -2.10. The number of nitrogens with one attached hydrogen (secondary N) is 1. The van der Waals surface area contributed by atoms with E-state index in [1.54, 1.807) is 20.3 Å². The molecule has 102 valence electrons. The molecule has 1 saturated carbocycles. The Morgan fingerprint density at radius 3 is 2.63 bits per heavy atom. The second-order valence-corrected chi connectivity index (χ2v) is 4.51. The summed E-state index contributed by atoms with van der Waals surface area (Å²) in [5.41, 5.74) is 4.12. The zero-order chi connectivity index (χ0) is 13.8. The molecule has 2 rings (SSSR count). The summed E-state index contributed by atoms with van der Waals surface area (Å²) in [5, 5.41) is 4.12. The maximum Gasteiger partial charge on any atom is 0.243 e. The van der Waals surface area contributed by atoms with Gasteiger partial charge in [-0.2, -0.15) is 5.10 Å². The van der Waals surface area contributed by atoms with E-state index in [1.807, 2.05) is 19.1 Å². The van der Waals surface area contributed by atoms with Gasteiger partial charge in [-0.3, -0.25) is 4.79 Å². The van der Waals surface area contributed by atoms with Crippen LogP contribution in [-0.2, 0) is 4.79 Å². The van der Waals surface area contributed by atoms with Crippen molar-refractivity contribution < 1.29 is 14.3 Å². The number of carbonyl (C=O) groups excluding carboxylic acids is 1. The van der Waals surface area contributed by atoms with Gasteiger partial charge in [-0.15, -0.1) is 0 Å². The van der Waals surface area contributed by atoms with E-state index < -0.39 is 0 Å². The van der Waals surface area contributed by atoms with E-state index in [-0.39, 0.29) is 11.8 Å². The van der Waals surface area contributed by atoms with Crippen molar-refractivity contribution in [3.63, 3.8) is 0 Å². The molecule has 1 fully saturated rings. The minimum Gasteiger partial charge on any atom is -0.497 e. The molecule has 1 aromatic carbocycles. The molecule has 0 unspecified atom stereocenters. The minimum absolute atomic E-state index is 0.00757. The first-order valence-electron chi connectivity index (χ1n) is 6.22. The van der Waals surface area contributed by atoms with Gasteiger partial charge < -0.3 is 9.47 Å². The monoisotopic (exact) mass is 262 g/mol. The SMILES string of the molecule is COc1ccc(/C(C)=N/NC(=O)C2CC2)c(OC)c1. The van der Waals surface area contributed by atoms with Crippen molar-refractivity contribution in [2.24, 2.45) is 11.0 Å². The molecule has 0 bridgehead atoms. The van der Waals surface area contributed by atoms with Crippen LogP contribution in [0.5, 0.6) is 11.5 Å². The summed E-state index contributed by atoms with van der Waals surface area (Å²) in [5.74, 6) is 1.53. The number of hydrazone groups is 1. The molecule has 1 N–H and O–H groups in total. The van der Waals surface area contributed by atoms with E-state index in [2.05, 4.69) is 10.5 Å². The maximum atomic E-state index is 11.5. The lowest BCUT2D eigenvalue weighted by Crippen LogP contribution is -2.20. The quantitative estimate of drug-likeness (QED) is 0.651. The highest BCUT2D eigenvalue weighted by atomic mass is 16.5. The number of amides is 1. The van der Waals surface area contributed by atoms with Crippen LogP contribution in [0.4, 0.5) is 0 Å². The Hall–Kier alpha value is -2.04. The minimum atomic E-state index is -0.00757. The van der Waals surface area contributed by atoms with Gasteiger partial charge in [0.25, 0.3) is 0 Å². The van der Waals surface area contributed by atoms with Crippen LogP contribution in [0.25, 0.3) is 0 Å². The van der Waals surface area contributed by atoms with Gasteiger partial charge in [-0.05, 0) is 31.9 Å².